The van der Waals surface area contributed by atoms with Crippen LogP contribution in [0.5, 0.6) is 0 Å². The molecule has 0 aliphatic carbocycles. The molecule has 1 heterocycles. The van der Waals surface area contributed by atoms with E-state index in [0.29, 0.717) is 0 Å². The number of hydrogen-bond donors (Lipinski definition) is 0. The Morgan fingerprint density at radius 2 is 1.84 bits per heavy atom. The minimum absolute atomic E-state index is 0.0522. The number of hydrogen-bond acceptors (Lipinski definition) is 2. The molecule has 0 fully saturated rings. The molecule has 0 spiro atoms. The second-order valence-electron chi connectivity index (χ2n) is 5.29. The van der Waals surface area contributed by atoms with Crippen molar-refractivity contribution in [2.45, 2.75) is 33.4 Å². The molecule has 0 aromatic heterocycles. The van der Waals surface area contributed by atoms with Crippen molar-refractivity contribution in [1.29, 1.82) is 0 Å². The van der Waals surface area contributed by atoms with Gasteiger partial charge in [-0.15, -0.1) is 0 Å². The van der Waals surface area contributed by atoms with Crippen LogP contribution in [0.3, 0.4) is 0 Å². The molecule has 1 aliphatic heterocycles. The number of anilines is 1. The Bertz CT molecular complexity index is 432. The number of carbonyl (C=O) groups excluding carboxylic acids is 1. The van der Waals surface area contributed by atoms with Crippen LogP contribution < -0.4 is 4.90 Å². The maximum Gasteiger partial charge on any atom is 0.222 e. The molecule has 104 valence electrons. The Morgan fingerprint density at radius 3 is 2.42 bits per heavy atom. The average molecular weight is 261 g/mol. The average Bonchev–Trinajstić information content (AvgIpc) is 2.89. The van der Waals surface area contributed by atoms with Gasteiger partial charge in [0.1, 0.15) is 0 Å². The lowest BCUT2D eigenvalue weighted by Crippen LogP contribution is -2.62. The summed E-state index contributed by atoms with van der Waals surface area (Å²) in [6, 6.07) is 8.47. The van der Waals surface area contributed by atoms with Crippen LogP contribution in [0.1, 0.15) is 26.3 Å². The summed E-state index contributed by atoms with van der Waals surface area (Å²) in [6.07, 6.45) is 2.15. The van der Waals surface area contributed by atoms with Crippen molar-refractivity contribution in [1.82, 2.24) is 0 Å². The van der Waals surface area contributed by atoms with Gasteiger partial charge in [0.2, 0.25) is 6.17 Å². The normalized spacial score (nSPS) is 16.3. The number of para-hydroxylation sites is 1. The summed E-state index contributed by atoms with van der Waals surface area (Å²) in [5.74, 6) is 0. The van der Waals surface area contributed by atoms with Crippen molar-refractivity contribution in [2.75, 3.05) is 31.1 Å². The lowest BCUT2D eigenvalue weighted by molar-refractivity contribution is -0.936. The molecule has 1 aromatic carbocycles. The predicted octanol–water partition coefficient (Wildman–Crippen LogP) is 2.45. The Balaban J connectivity index is 2.36. The first kappa shape index (κ1) is 14.1. The van der Waals surface area contributed by atoms with E-state index in [4.69, 9.17) is 0 Å². The van der Waals surface area contributed by atoms with Gasteiger partial charge in [0, 0.05) is 12.2 Å². The molecular formula is C16H25N2O+. The van der Waals surface area contributed by atoms with Crippen LogP contribution in [-0.2, 0) is 11.2 Å². The minimum atomic E-state index is -0.0522. The number of quaternary nitrogens is 1. The summed E-state index contributed by atoms with van der Waals surface area (Å²) >= 11 is 0. The van der Waals surface area contributed by atoms with E-state index in [2.05, 4.69) is 49.9 Å². The molecular weight excluding hydrogens is 236 g/mol. The van der Waals surface area contributed by atoms with Gasteiger partial charge in [-0.3, -0.25) is 9.28 Å². The molecule has 1 aromatic rings. The maximum absolute atomic E-state index is 11.8. The minimum Gasteiger partial charge on any atom is -0.316 e. The summed E-state index contributed by atoms with van der Waals surface area (Å²) in [5, 5.41) is 0. The molecule has 1 unspecified atom stereocenters. The van der Waals surface area contributed by atoms with Gasteiger partial charge < -0.3 is 4.90 Å². The lowest BCUT2D eigenvalue weighted by Gasteiger charge is -2.44. The molecule has 0 N–H and O–H groups in total. The predicted molar refractivity (Wildman–Crippen MR) is 79.2 cm³/mol. The standard InChI is InChI=1S/C16H25N2O/c1-4-18(5-2,6-3)16(13-19)17-12-11-14-9-7-8-10-15(14)17/h7-10,13,16H,4-6,11-12H2,1-3H3/q+1. The first-order valence-corrected chi connectivity index (χ1v) is 7.38. The molecule has 1 aliphatic rings. The molecule has 0 saturated heterocycles. The van der Waals surface area contributed by atoms with E-state index in [1.807, 2.05) is 0 Å². The van der Waals surface area contributed by atoms with Crippen LogP contribution in [0.2, 0.25) is 0 Å². The second kappa shape index (κ2) is 5.74. The van der Waals surface area contributed by atoms with Gasteiger partial charge in [-0.2, -0.15) is 0 Å². The molecule has 19 heavy (non-hydrogen) atoms. The fourth-order valence-corrected chi connectivity index (χ4v) is 3.37. The fourth-order valence-electron chi connectivity index (χ4n) is 3.37. The number of fused-ring (bicyclic) bond motifs is 1. The van der Waals surface area contributed by atoms with Crippen molar-refractivity contribution < 1.29 is 9.28 Å². The zero-order valence-corrected chi connectivity index (χ0v) is 12.3. The molecule has 0 saturated carbocycles. The summed E-state index contributed by atoms with van der Waals surface area (Å²) in [4.78, 5) is 14.1. The lowest BCUT2D eigenvalue weighted by atomic mass is 10.2. The highest BCUT2D eigenvalue weighted by atomic mass is 16.1. The van der Waals surface area contributed by atoms with Gasteiger partial charge in [-0.05, 0) is 38.8 Å². The van der Waals surface area contributed by atoms with E-state index in [0.717, 1.165) is 43.4 Å². The highest BCUT2D eigenvalue weighted by Gasteiger charge is 2.39. The SMILES string of the molecule is CC[N+](CC)(CC)C(C=O)N1CCc2ccccc21. The number of rotatable bonds is 6. The van der Waals surface area contributed by atoms with Crippen LogP contribution in [0.15, 0.2) is 24.3 Å². The Morgan fingerprint density at radius 1 is 1.21 bits per heavy atom. The summed E-state index contributed by atoms with van der Waals surface area (Å²) < 4.78 is 0.845. The molecule has 0 bridgehead atoms. The summed E-state index contributed by atoms with van der Waals surface area (Å²) in [5.41, 5.74) is 2.62. The molecule has 3 nitrogen and oxygen atoms in total. The summed E-state index contributed by atoms with van der Waals surface area (Å²) in [6.45, 7) is 10.5. The number of likely N-dealkylation sites (N-methyl/N-ethyl adjacent to an activating group) is 1. The Kier molecular flexibility index (Phi) is 4.25. The van der Waals surface area contributed by atoms with Crippen molar-refractivity contribution in [2.24, 2.45) is 0 Å². The van der Waals surface area contributed by atoms with Crippen molar-refractivity contribution >= 4 is 12.0 Å². The molecule has 2 rings (SSSR count). The number of carbonyl (C=O) groups is 1. The van der Waals surface area contributed by atoms with E-state index in [-0.39, 0.29) is 6.17 Å². The van der Waals surface area contributed by atoms with E-state index < -0.39 is 0 Å². The zero-order chi connectivity index (χ0) is 13.9. The first-order chi connectivity index (χ1) is 9.22. The number of nitrogens with zero attached hydrogens (tertiary/aromatic N) is 2. The van der Waals surface area contributed by atoms with E-state index >= 15 is 0 Å². The number of benzene rings is 1. The quantitative estimate of drug-likeness (QED) is 0.579. The maximum atomic E-state index is 11.8. The van der Waals surface area contributed by atoms with E-state index in [1.165, 1.54) is 11.3 Å². The smallest absolute Gasteiger partial charge is 0.222 e. The highest BCUT2D eigenvalue weighted by Crippen LogP contribution is 2.31. The van der Waals surface area contributed by atoms with E-state index in [1.54, 1.807) is 0 Å². The zero-order valence-electron chi connectivity index (χ0n) is 12.3. The topological polar surface area (TPSA) is 20.3 Å². The van der Waals surface area contributed by atoms with Gasteiger partial charge >= 0.3 is 0 Å². The van der Waals surface area contributed by atoms with Crippen LogP contribution in [0.4, 0.5) is 5.69 Å². The van der Waals surface area contributed by atoms with Gasteiger partial charge in [0.25, 0.3) is 0 Å². The van der Waals surface area contributed by atoms with Gasteiger partial charge in [0.05, 0.1) is 19.6 Å². The van der Waals surface area contributed by atoms with Crippen molar-refractivity contribution in [3.8, 4) is 0 Å². The second-order valence-corrected chi connectivity index (χ2v) is 5.29. The third kappa shape index (κ3) is 2.27. The first-order valence-electron chi connectivity index (χ1n) is 7.38. The molecule has 0 amide bonds. The Hall–Kier alpha value is -1.35. The monoisotopic (exact) mass is 261 g/mol. The third-order valence-corrected chi connectivity index (χ3v) is 4.81. The Labute approximate surface area is 116 Å². The number of aldehydes is 1. The fraction of sp³-hybridized carbons (Fsp3) is 0.562. The van der Waals surface area contributed by atoms with Crippen LogP contribution in [0.25, 0.3) is 0 Å². The molecule has 3 heteroatoms. The van der Waals surface area contributed by atoms with Gasteiger partial charge in [0.15, 0.2) is 6.29 Å². The van der Waals surface area contributed by atoms with E-state index in [9.17, 15) is 4.79 Å². The largest absolute Gasteiger partial charge is 0.316 e. The molecule has 0 radical (unpaired) electrons. The third-order valence-electron chi connectivity index (χ3n) is 4.81. The van der Waals surface area contributed by atoms with Crippen molar-refractivity contribution in [3.05, 3.63) is 29.8 Å². The van der Waals surface area contributed by atoms with Gasteiger partial charge in [-0.25, -0.2) is 0 Å². The van der Waals surface area contributed by atoms with Crippen LogP contribution in [0, 0.1) is 0 Å². The highest BCUT2D eigenvalue weighted by molar-refractivity contribution is 5.68. The molecule has 1 atom stereocenters. The van der Waals surface area contributed by atoms with Crippen LogP contribution >= 0.6 is 0 Å². The summed E-state index contributed by atoms with van der Waals surface area (Å²) in [7, 11) is 0. The van der Waals surface area contributed by atoms with Crippen molar-refractivity contribution in [3.63, 3.8) is 0 Å². The van der Waals surface area contributed by atoms with Crippen LogP contribution in [-0.4, -0.2) is 43.1 Å². The van der Waals surface area contributed by atoms with Gasteiger partial charge in [-0.1, -0.05) is 18.2 Å².